The van der Waals surface area contributed by atoms with E-state index in [2.05, 4.69) is 26.6 Å². The standard InChI is InChI=1S/C33H36N8O2/c1-39-30-24(12-21(14-27(30)43-2)33(42)41-17-20-8-10-25(41)29(20)35)37-32(39)26-13-19-9-11-28(36-23-5-3-4-22(34)15-23)38-31(19)40(26)16-18-6-7-18/h3-5,9,11-15,18,20,25,29H,6-8,10,16-17,34-35H2,1-2H3,(H,36,38)/t20-,25-,29-/m1/s1. The fourth-order valence-electron chi connectivity index (χ4n) is 7.16. The van der Waals surface area contributed by atoms with Crippen LogP contribution in [0.4, 0.5) is 17.2 Å². The Balaban J connectivity index is 1.21. The lowest BCUT2D eigenvalue weighted by atomic mass is 10.1. The summed E-state index contributed by atoms with van der Waals surface area (Å²) in [6.45, 7) is 1.59. The van der Waals surface area contributed by atoms with Crippen molar-refractivity contribution in [3.8, 4) is 17.3 Å². The number of hydrogen-bond acceptors (Lipinski definition) is 7. The number of aryl methyl sites for hydroxylation is 1. The van der Waals surface area contributed by atoms with Crippen LogP contribution in [0.1, 0.15) is 36.0 Å². The molecule has 0 radical (unpaired) electrons. The number of nitrogen functional groups attached to an aromatic ring is 1. The van der Waals surface area contributed by atoms with Crippen molar-refractivity contribution in [1.29, 1.82) is 0 Å². The summed E-state index contributed by atoms with van der Waals surface area (Å²) in [7, 11) is 3.65. The number of anilines is 3. The van der Waals surface area contributed by atoms with Gasteiger partial charge in [-0.15, -0.1) is 0 Å². The number of carbonyl (C=O) groups is 1. The lowest BCUT2D eigenvalue weighted by molar-refractivity contribution is 0.0700. The number of pyridine rings is 1. The highest BCUT2D eigenvalue weighted by Crippen LogP contribution is 2.40. The van der Waals surface area contributed by atoms with Gasteiger partial charge >= 0.3 is 0 Å². The third kappa shape index (κ3) is 4.31. The Kier molecular flexibility index (Phi) is 5.91. The van der Waals surface area contributed by atoms with Crippen LogP contribution >= 0.6 is 0 Å². The molecule has 8 rings (SSSR count). The highest BCUT2D eigenvalue weighted by Gasteiger charge is 2.47. The second-order valence-corrected chi connectivity index (χ2v) is 12.4. The van der Waals surface area contributed by atoms with E-state index in [-0.39, 0.29) is 18.0 Å². The molecule has 4 heterocycles. The molecule has 1 saturated heterocycles. The van der Waals surface area contributed by atoms with E-state index in [4.69, 9.17) is 26.2 Å². The van der Waals surface area contributed by atoms with Crippen LogP contribution in [0.2, 0.25) is 0 Å². The van der Waals surface area contributed by atoms with Crippen LogP contribution in [0.15, 0.2) is 54.6 Å². The molecule has 3 atom stereocenters. The number of hydrogen-bond donors (Lipinski definition) is 3. The van der Waals surface area contributed by atoms with Crippen molar-refractivity contribution in [2.24, 2.45) is 24.6 Å². The van der Waals surface area contributed by atoms with E-state index in [1.165, 1.54) is 12.8 Å². The molecule has 2 aromatic carbocycles. The molecule has 2 bridgehead atoms. The maximum absolute atomic E-state index is 13.7. The monoisotopic (exact) mass is 576 g/mol. The number of piperidine rings is 1. The van der Waals surface area contributed by atoms with E-state index in [0.29, 0.717) is 28.8 Å². The Morgan fingerprint density at radius 2 is 1.93 bits per heavy atom. The lowest BCUT2D eigenvalue weighted by Gasteiger charge is -2.27. The number of likely N-dealkylation sites (tertiary alicyclic amines) is 1. The van der Waals surface area contributed by atoms with Crippen LogP contribution in [-0.4, -0.2) is 55.6 Å². The fraction of sp³-hybridized carbons (Fsp3) is 0.364. The zero-order valence-electron chi connectivity index (χ0n) is 24.5. The van der Waals surface area contributed by atoms with Gasteiger partial charge in [0.05, 0.1) is 18.3 Å². The van der Waals surface area contributed by atoms with Crippen molar-refractivity contribution in [3.05, 3.63) is 60.2 Å². The predicted octanol–water partition coefficient (Wildman–Crippen LogP) is 4.90. The molecular formula is C33H36N8O2. The topological polar surface area (TPSA) is 129 Å². The molecule has 5 aromatic rings. The zero-order chi connectivity index (χ0) is 29.4. The number of nitrogens with two attached hydrogens (primary N) is 2. The minimum absolute atomic E-state index is 0.00213. The first-order valence-electron chi connectivity index (χ1n) is 15.1. The number of fused-ring (bicyclic) bond motifs is 4. The maximum Gasteiger partial charge on any atom is 0.254 e. The molecular weight excluding hydrogens is 540 g/mol. The average Bonchev–Trinajstić information content (AvgIpc) is 3.41. The Morgan fingerprint density at radius 1 is 1.07 bits per heavy atom. The molecule has 3 aromatic heterocycles. The third-order valence-corrected chi connectivity index (χ3v) is 9.59. The summed E-state index contributed by atoms with van der Waals surface area (Å²) in [6.07, 6.45) is 4.50. The molecule has 220 valence electrons. The van der Waals surface area contributed by atoms with Gasteiger partial charge in [-0.05, 0) is 86.1 Å². The summed E-state index contributed by atoms with van der Waals surface area (Å²) < 4.78 is 10.2. The second-order valence-electron chi connectivity index (χ2n) is 12.4. The Bertz CT molecular complexity index is 1900. The number of ether oxygens (including phenoxy) is 1. The number of imidazole rings is 1. The molecule has 10 heteroatoms. The van der Waals surface area contributed by atoms with Gasteiger partial charge in [-0.3, -0.25) is 4.79 Å². The smallest absolute Gasteiger partial charge is 0.254 e. The summed E-state index contributed by atoms with van der Waals surface area (Å²) in [6, 6.07) is 17.9. The van der Waals surface area contributed by atoms with E-state index >= 15 is 0 Å². The van der Waals surface area contributed by atoms with Crippen LogP contribution in [0, 0.1) is 11.8 Å². The van der Waals surface area contributed by atoms with Gasteiger partial charge in [-0.1, -0.05) is 6.07 Å². The van der Waals surface area contributed by atoms with Crippen LogP contribution in [0.3, 0.4) is 0 Å². The van der Waals surface area contributed by atoms with Crippen molar-refractivity contribution in [2.75, 3.05) is 24.7 Å². The quantitative estimate of drug-likeness (QED) is 0.235. The van der Waals surface area contributed by atoms with Crippen molar-refractivity contribution in [3.63, 3.8) is 0 Å². The average molecular weight is 577 g/mol. The van der Waals surface area contributed by atoms with Crippen molar-refractivity contribution in [2.45, 2.75) is 44.3 Å². The first kappa shape index (κ1) is 26.1. The molecule has 1 aliphatic heterocycles. The van der Waals surface area contributed by atoms with E-state index in [9.17, 15) is 4.79 Å². The number of amides is 1. The molecule has 5 N–H and O–H groups in total. The summed E-state index contributed by atoms with van der Waals surface area (Å²) in [5.41, 5.74) is 18.1. The lowest BCUT2D eigenvalue weighted by Crippen LogP contribution is -2.41. The van der Waals surface area contributed by atoms with Crippen LogP contribution in [0.25, 0.3) is 33.6 Å². The molecule has 0 unspecified atom stereocenters. The van der Waals surface area contributed by atoms with E-state index in [1.807, 2.05) is 54.4 Å². The number of carbonyl (C=O) groups excluding carboxylic acids is 1. The zero-order valence-corrected chi connectivity index (χ0v) is 24.5. The number of aromatic nitrogens is 4. The van der Waals surface area contributed by atoms with Crippen molar-refractivity contribution >= 4 is 45.2 Å². The first-order chi connectivity index (χ1) is 20.9. The summed E-state index contributed by atoms with van der Waals surface area (Å²) in [5, 5.41) is 4.44. The van der Waals surface area contributed by atoms with Gasteiger partial charge in [0, 0.05) is 54.5 Å². The van der Waals surface area contributed by atoms with Gasteiger partial charge < -0.3 is 35.6 Å². The van der Waals surface area contributed by atoms with Gasteiger partial charge in [0.25, 0.3) is 5.91 Å². The highest BCUT2D eigenvalue weighted by molar-refractivity contribution is 6.00. The van der Waals surface area contributed by atoms with Gasteiger partial charge in [0.1, 0.15) is 22.7 Å². The van der Waals surface area contributed by atoms with Gasteiger partial charge in [-0.25, -0.2) is 9.97 Å². The predicted molar refractivity (Wildman–Crippen MR) is 168 cm³/mol. The highest BCUT2D eigenvalue weighted by atomic mass is 16.5. The number of rotatable bonds is 7. The molecule has 2 saturated carbocycles. The molecule has 0 spiro atoms. The molecule has 10 nitrogen and oxygen atoms in total. The van der Waals surface area contributed by atoms with Crippen LogP contribution in [0.5, 0.6) is 5.75 Å². The molecule has 43 heavy (non-hydrogen) atoms. The molecule has 2 aliphatic carbocycles. The van der Waals surface area contributed by atoms with Gasteiger partial charge in [-0.2, -0.15) is 0 Å². The third-order valence-electron chi connectivity index (χ3n) is 9.59. The maximum atomic E-state index is 13.7. The number of benzene rings is 2. The van der Waals surface area contributed by atoms with Gasteiger partial charge in [0.15, 0.2) is 5.82 Å². The first-order valence-corrected chi connectivity index (χ1v) is 15.1. The number of nitrogens with zero attached hydrogens (tertiary/aromatic N) is 5. The SMILES string of the molecule is COc1cc(C(=O)N2C[C@H]3CC[C@@H]2[C@@H]3N)cc2nc(-c3cc4ccc(Nc5cccc(N)c5)nc4n3CC3CC3)n(C)c12. The molecule has 1 amide bonds. The minimum Gasteiger partial charge on any atom is -0.494 e. The van der Waals surface area contributed by atoms with Crippen LogP contribution in [-0.2, 0) is 13.6 Å². The van der Waals surface area contributed by atoms with Crippen LogP contribution < -0.4 is 21.5 Å². The fourth-order valence-corrected chi connectivity index (χ4v) is 7.16. The Labute approximate surface area is 249 Å². The largest absolute Gasteiger partial charge is 0.494 e. The summed E-state index contributed by atoms with van der Waals surface area (Å²) in [4.78, 5) is 25.8. The Hall–Kier alpha value is -4.57. The second kappa shape index (κ2) is 9.74. The number of nitrogens with one attached hydrogen (secondary N) is 1. The normalized spacial score (nSPS) is 21.3. The Morgan fingerprint density at radius 3 is 2.65 bits per heavy atom. The molecule has 3 aliphatic rings. The summed E-state index contributed by atoms with van der Waals surface area (Å²) >= 11 is 0. The number of methoxy groups -OCH3 is 1. The van der Waals surface area contributed by atoms with Gasteiger partial charge in [0.2, 0.25) is 0 Å². The minimum atomic E-state index is 0.00213. The van der Waals surface area contributed by atoms with Crippen molar-refractivity contribution < 1.29 is 9.53 Å². The summed E-state index contributed by atoms with van der Waals surface area (Å²) in [5.74, 6) is 3.21. The van der Waals surface area contributed by atoms with E-state index in [1.54, 1.807) is 7.11 Å². The van der Waals surface area contributed by atoms with E-state index < -0.39 is 0 Å². The molecule has 3 fully saturated rings. The van der Waals surface area contributed by atoms with E-state index in [0.717, 1.165) is 71.0 Å². The van der Waals surface area contributed by atoms with Crippen molar-refractivity contribution in [1.82, 2.24) is 24.0 Å².